The third-order valence-electron chi connectivity index (χ3n) is 12.9. The quantitative estimate of drug-likeness (QED) is 0.134. The number of hydrogen-bond acceptors (Lipinski definition) is 1. The van der Waals surface area contributed by atoms with Crippen molar-refractivity contribution in [3.63, 3.8) is 0 Å². The van der Waals surface area contributed by atoms with Crippen LogP contribution in [0.15, 0.2) is 267 Å². The molecule has 0 radical (unpaired) electrons. The van der Waals surface area contributed by atoms with E-state index in [2.05, 4.69) is 274 Å². The van der Waals surface area contributed by atoms with Gasteiger partial charge in [-0.3, -0.25) is 0 Å². The van der Waals surface area contributed by atoms with Gasteiger partial charge in [-0.25, -0.2) is 4.98 Å². The number of pyridine rings is 1. The summed E-state index contributed by atoms with van der Waals surface area (Å²) in [6.07, 6.45) is 0. The molecule has 0 bridgehead atoms. The van der Waals surface area contributed by atoms with Crippen LogP contribution in [0.3, 0.4) is 0 Å². The van der Waals surface area contributed by atoms with Crippen LogP contribution < -0.4 is 0 Å². The first-order chi connectivity index (χ1) is 33.2. The van der Waals surface area contributed by atoms with Crippen LogP contribution in [0.25, 0.3) is 112 Å². The molecule has 1 aromatic heterocycles. The molecule has 0 atom stereocenters. The summed E-state index contributed by atoms with van der Waals surface area (Å²) in [5.41, 5.74) is 23.7. The monoisotopic (exact) mass is 853 g/mol. The van der Waals surface area contributed by atoms with Crippen molar-refractivity contribution in [2.45, 2.75) is 6.92 Å². The van der Waals surface area contributed by atoms with E-state index in [1.54, 1.807) is 0 Å². The molecule has 1 heteroatoms. The summed E-state index contributed by atoms with van der Waals surface area (Å²) in [5.74, 6) is 0. The second kappa shape index (κ2) is 18.4. The Labute approximate surface area is 394 Å². The fraction of sp³-hybridized carbons (Fsp3) is 0.0152. The highest BCUT2D eigenvalue weighted by atomic mass is 14.7. The van der Waals surface area contributed by atoms with Gasteiger partial charge in [-0.2, -0.15) is 0 Å². The fourth-order valence-electron chi connectivity index (χ4n) is 9.64. The number of hydrogen-bond donors (Lipinski definition) is 0. The molecule has 0 aliphatic rings. The van der Waals surface area contributed by atoms with Gasteiger partial charge >= 0.3 is 0 Å². The maximum absolute atomic E-state index is 5.61. The lowest BCUT2D eigenvalue weighted by atomic mass is 9.82. The molecule has 11 aromatic rings. The van der Waals surface area contributed by atoms with Crippen LogP contribution in [0.2, 0.25) is 0 Å². The summed E-state index contributed by atoms with van der Waals surface area (Å²) in [7, 11) is 0. The van der Waals surface area contributed by atoms with Crippen LogP contribution in [0.4, 0.5) is 0 Å². The third kappa shape index (κ3) is 8.32. The normalized spacial score (nSPS) is 11.1. The summed E-state index contributed by atoms with van der Waals surface area (Å²) < 4.78 is 0. The molecule has 0 N–H and O–H groups in total. The van der Waals surface area contributed by atoms with E-state index in [-0.39, 0.29) is 0 Å². The fourth-order valence-corrected chi connectivity index (χ4v) is 9.64. The lowest BCUT2D eigenvalue weighted by Gasteiger charge is -2.22. The summed E-state index contributed by atoms with van der Waals surface area (Å²) >= 11 is 0. The van der Waals surface area contributed by atoms with Gasteiger partial charge in [0.2, 0.25) is 0 Å². The smallest absolute Gasteiger partial charge is 0.0745 e. The predicted octanol–water partition coefficient (Wildman–Crippen LogP) is 18.1. The topological polar surface area (TPSA) is 12.9 Å². The zero-order chi connectivity index (χ0) is 44.9. The highest BCUT2D eigenvalue weighted by Crippen LogP contribution is 2.47. The van der Waals surface area contributed by atoms with Crippen molar-refractivity contribution in [2.75, 3.05) is 0 Å². The van der Waals surface area contributed by atoms with Crippen molar-refractivity contribution < 1.29 is 0 Å². The standard InChI is InChI=1S/C66H47N/c1-46-60(49-28-13-4-14-29-49)45-63(52-34-19-7-20-35-52)67-66(46)57-41-54(40-56(42-57)65-58(47-24-9-2-10-25-47)38-23-39-59(65)48-26-11-3-12-27-48)55-43-61(50-30-15-5-16-31-50)64(53-36-21-8-22-37-53)62(44-55)51-32-17-6-18-33-51/h2-45H,1H3. The molecule has 316 valence electrons. The van der Waals surface area contributed by atoms with E-state index in [0.29, 0.717) is 0 Å². The van der Waals surface area contributed by atoms with Gasteiger partial charge in [0.1, 0.15) is 0 Å². The zero-order valence-corrected chi connectivity index (χ0v) is 37.4. The van der Waals surface area contributed by atoms with Gasteiger partial charge < -0.3 is 0 Å². The molecule has 10 aromatic carbocycles. The minimum atomic E-state index is 0.937. The van der Waals surface area contributed by atoms with Crippen LogP contribution in [0, 0.1) is 6.92 Å². The summed E-state index contributed by atoms with van der Waals surface area (Å²) in [6.45, 7) is 2.23. The maximum Gasteiger partial charge on any atom is 0.0745 e. The minimum Gasteiger partial charge on any atom is -0.247 e. The average molecular weight is 854 g/mol. The molecular formula is C66H47N. The maximum atomic E-state index is 5.61. The Bertz CT molecular complexity index is 3340. The molecule has 0 fully saturated rings. The highest BCUT2D eigenvalue weighted by Gasteiger charge is 2.22. The van der Waals surface area contributed by atoms with Crippen LogP contribution in [0.5, 0.6) is 0 Å². The molecule has 1 nitrogen and oxygen atoms in total. The van der Waals surface area contributed by atoms with Crippen molar-refractivity contribution >= 4 is 0 Å². The van der Waals surface area contributed by atoms with E-state index >= 15 is 0 Å². The van der Waals surface area contributed by atoms with Crippen molar-refractivity contribution in [1.82, 2.24) is 4.98 Å². The Kier molecular flexibility index (Phi) is 11.3. The average Bonchev–Trinajstić information content (AvgIpc) is 3.42. The summed E-state index contributed by atoms with van der Waals surface area (Å²) in [5, 5.41) is 0. The Morgan fingerprint density at radius 2 is 0.552 bits per heavy atom. The first-order valence-electron chi connectivity index (χ1n) is 23.0. The minimum absolute atomic E-state index is 0.937. The number of nitrogens with zero attached hydrogens (tertiary/aromatic N) is 1. The van der Waals surface area contributed by atoms with E-state index < -0.39 is 0 Å². The number of rotatable bonds is 10. The van der Waals surface area contributed by atoms with E-state index in [9.17, 15) is 0 Å². The second-order valence-corrected chi connectivity index (χ2v) is 17.1. The Morgan fingerprint density at radius 1 is 0.224 bits per heavy atom. The zero-order valence-electron chi connectivity index (χ0n) is 37.4. The van der Waals surface area contributed by atoms with E-state index in [1.807, 2.05) is 0 Å². The van der Waals surface area contributed by atoms with Crippen molar-refractivity contribution in [3.05, 3.63) is 272 Å². The third-order valence-corrected chi connectivity index (χ3v) is 12.9. The Morgan fingerprint density at radius 3 is 1.00 bits per heavy atom. The molecule has 0 aliphatic heterocycles. The van der Waals surface area contributed by atoms with Crippen LogP contribution in [0.1, 0.15) is 5.56 Å². The second-order valence-electron chi connectivity index (χ2n) is 17.1. The van der Waals surface area contributed by atoms with Gasteiger partial charge in [0, 0.05) is 11.1 Å². The van der Waals surface area contributed by atoms with Crippen molar-refractivity contribution in [2.24, 2.45) is 0 Å². The van der Waals surface area contributed by atoms with Crippen LogP contribution in [-0.4, -0.2) is 4.98 Å². The molecule has 1 heterocycles. The lowest BCUT2D eigenvalue weighted by Crippen LogP contribution is -1.98. The Hall–Kier alpha value is -8.65. The molecule has 0 spiro atoms. The molecule has 0 aliphatic carbocycles. The van der Waals surface area contributed by atoms with Gasteiger partial charge in [0.05, 0.1) is 11.4 Å². The number of benzene rings is 10. The van der Waals surface area contributed by atoms with E-state index in [1.165, 1.54) is 50.1 Å². The van der Waals surface area contributed by atoms with Crippen molar-refractivity contribution in [3.8, 4) is 112 Å². The number of aromatic nitrogens is 1. The van der Waals surface area contributed by atoms with E-state index in [0.717, 1.165) is 67.0 Å². The van der Waals surface area contributed by atoms with E-state index in [4.69, 9.17) is 4.98 Å². The molecule has 0 amide bonds. The largest absolute Gasteiger partial charge is 0.247 e. The van der Waals surface area contributed by atoms with Gasteiger partial charge in [-0.05, 0) is 138 Å². The molecule has 67 heavy (non-hydrogen) atoms. The molecule has 0 saturated heterocycles. The van der Waals surface area contributed by atoms with Gasteiger partial charge in [-0.1, -0.05) is 231 Å². The van der Waals surface area contributed by atoms with Gasteiger partial charge in [0.25, 0.3) is 0 Å². The van der Waals surface area contributed by atoms with Gasteiger partial charge in [-0.15, -0.1) is 0 Å². The lowest BCUT2D eigenvalue weighted by molar-refractivity contribution is 1.27. The molecule has 0 saturated carbocycles. The summed E-state index contributed by atoms with van der Waals surface area (Å²) in [6, 6.07) is 96.4. The Balaban J connectivity index is 1.26. The molecular weight excluding hydrogens is 807 g/mol. The highest BCUT2D eigenvalue weighted by molar-refractivity contribution is 6.00. The SMILES string of the molecule is Cc1c(-c2ccccc2)cc(-c2ccccc2)nc1-c1cc(-c2cc(-c3ccccc3)c(-c3ccccc3)c(-c3ccccc3)c2)cc(-c2c(-c3ccccc3)cccc2-c2ccccc2)c1. The van der Waals surface area contributed by atoms with Crippen molar-refractivity contribution in [1.29, 1.82) is 0 Å². The van der Waals surface area contributed by atoms with Crippen LogP contribution in [-0.2, 0) is 0 Å². The van der Waals surface area contributed by atoms with Gasteiger partial charge in [0.15, 0.2) is 0 Å². The van der Waals surface area contributed by atoms with Crippen LogP contribution >= 0.6 is 0 Å². The molecule has 0 unspecified atom stereocenters. The predicted molar refractivity (Wildman–Crippen MR) is 283 cm³/mol. The molecule has 11 rings (SSSR count). The first kappa shape index (κ1) is 41.1. The summed E-state index contributed by atoms with van der Waals surface area (Å²) in [4.78, 5) is 5.61. The first-order valence-corrected chi connectivity index (χ1v) is 23.0.